The number of rotatable bonds is 7. The van der Waals surface area contributed by atoms with Gasteiger partial charge in [0.1, 0.15) is 5.82 Å². The highest BCUT2D eigenvalue weighted by atomic mass is 32.2. The van der Waals surface area contributed by atoms with Gasteiger partial charge in [-0.15, -0.1) is 24.1 Å². The summed E-state index contributed by atoms with van der Waals surface area (Å²) in [5.41, 5.74) is 0. The lowest BCUT2D eigenvalue weighted by Crippen LogP contribution is -2.31. The van der Waals surface area contributed by atoms with E-state index in [0.717, 1.165) is 30.0 Å². The number of benzene rings is 1. The minimum absolute atomic E-state index is 0.196. The quantitative estimate of drug-likeness (QED) is 0.589. The molecule has 0 aliphatic carbocycles. The molecule has 0 aliphatic rings. The summed E-state index contributed by atoms with van der Waals surface area (Å²) in [6.07, 6.45) is 7.17. The highest BCUT2D eigenvalue weighted by Crippen LogP contribution is 2.19. The van der Waals surface area contributed by atoms with Gasteiger partial charge in [0.05, 0.1) is 0 Å². The van der Waals surface area contributed by atoms with Crippen LogP contribution in [0.15, 0.2) is 29.2 Å². The molecule has 0 aliphatic heterocycles. The van der Waals surface area contributed by atoms with Crippen molar-refractivity contribution in [2.45, 2.75) is 30.7 Å². The van der Waals surface area contributed by atoms with Crippen molar-refractivity contribution < 1.29 is 4.39 Å². The number of thioether (sulfide) groups is 1. The molecule has 0 spiro atoms. The Balaban J connectivity index is 2.40. The fourth-order valence-electron chi connectivity index (χ4n) is 1.41. The van der Waals surface area contributed by atoms with Crippen molar-refractivity contribution in [3.8, 4) is 12.3 Å². The second-order valence-electron chi connectivity index (χ2n) is 3.82. The van der Waals surface area contributed by atoms with E-state index < -0.39 is 0 Å². The molecule has 1 rings (SSSR count). The van der Waals surface area contributed by atoms with Gasteiger partial charge in [0.15, 0.2) is 0 Å². The second kappa shape index (κ2) is 8.16. The summed E-state index contributed by atoms with van der Waals surface area (Å²) < 4.78 is 12.7. The molecule has 0 amide bonds. The van der Waals surface area contributed by atoms with Crippen LogP contribution in [-0.4, -0.2) is 18.3 Å². The van der Waals surface area contributed by atoms with Crippen LogP contribution < -0.4 is 5.32 Å². The average Bonchev–Trinajstić information content (AvgIpc) is 2.35. The molecule has 0 fully saturated rings. The maximum absolute atomic E-state index is 12.7. The zero-order valence-corrected chi connectivity index (χ0v) is 10.9. The molecule has 0 radical (unpaired) electrons. The predicted molar refractivity (Wildman–Crippen MR) is 72.7 cm³/mol. The summed E-state index contributed by atoms with van der Waals surface area (Å²) >= 11 is 1.70. The molecule has 0 bridgehead atoms. The van der Waals surface area contributed by atoms with Crippen molar-refractivity contribution in [3.63, 3.8) is 0 Å². The molecule has 17 heavy (non-hydrogen) atoms. The number of hydrogen-bond acceptors (Lipinski definition) is 2. The third-order valence-electron chi connectivity index (χ3n) is 2.31. The Morgan fingerprint density at radius 3 is 2.71 bits per heavy atom. The minimum atomic E-state index is -0.196. The van der Waals surface area contributed by atoms with Crippen LogP contribution in [0.1, 0.15) is 19.8 Å². The molecular formula is C14H18FNS. The summed E-state index contributed by atoms with van der Waals surface area (Å²) in [6, 6.07) is 6.89. The van der Waals surface area contributed by atoms with E-state index in [1.54, 1.807) is 23.9 Å². The van der Waals surface area contributed by atoms with E-state index in [9.17, 15) is 4.39 Å². The van der Waals surface area contributed by atoms with Gasteiger partial charge in [-0.05, 0) is 37.2 Å². The Labute approximate surface area is 107 Å². The second-order valence-corrected chi connectivity index (χ2v) is 4.92. The number of halogens is 1. The van der Waals surface area contributed by atoms with Crippen LogP contribution in [0.3, 0.4) is 0 Å². The van der Waals surface area contributed by atoms with Crippen LogP contribution in [0, 0.1) is 18.2 Å². The average molecular weight is 251 g/mol. The van der Waals surface area contributed by atoms with Gasteiger partial charge in [0.25, 0.3) is 0 Å². The normalized spacial score (nSPS) is 12.1. The smallest absolute Gasteiger partial charge is 0.123 e. The predicted octanol–water partition coefficient (Wildman–Crippen LogP) is 3.31. The third-order valence-corrected chi connectivity index (χ3v) is 3.49. The van der Waals surface area contributed by atoms with E-state index in [-0.39, 0.29) is 5.82 Å². The standard InChI is InChI=1S/C14H18FNS/c1-3-5-13(16-10-4-2)11-17-14-8-6-12(15)7-9-14/h1,6-9,13,16H,4-5,10-11H2,2H3. The molecule has 1 aromatic rings. The Morgan fingerprint density at radius 1 is 1.41 bits per heavy atom. The Hall–Kier alpha value is -0.980. The Bertz CT molecular complexity index is 355. The van der Waals surface area contributed by atoms with Gasteiger partial charge in [0, 0.05) is 23.1 Å². The van der Waals surface area contributed by atoms with Crippen LogP contribution in [0.2, 0.25) is 0 Å². The first-order valence-corrected chi connectivity index (χ1v) is 6.80. The molecule has 1 atom stereocenters. The van der Waals surface area contributed by atoms with Crippen LogP contribution in [0.25, 0.3) is 0 Å². The zero-order chi connectivity index (χ0) is 12.5. The van der Waals surface area contributed by atoms with Crippen molar-refractivity contribution in [2.24, 2.45) is 0 Å². The van der Waals surface area contributed by atoms with Gasteiger partial charge in [-0.1, -0.05) is 6.92 Å². The molecule has 1 aromatic carbocycles. The van der Waals surface area contributed by atoms with Crippen molar-refractivity contribution in [3.05, 3.63) is 30.1 Å². The lowest BCUT2D eigenvalue weighted by molar-refractivity contribution is 0.563. The van der Waals surface area contributed by atoms with Gasteiger partial charge in [-0.2, -0.15) is 0 Å². The van der Waals surface area contributed by atoms with Gasteiger partial charge in [-0.25, -0.2) is 4.39 Å². The van der Waals surface area contributed by atoms with Crippen LogP contribution >= 0.6 is 11.8 Å². The van der Waals surface area contributed by atoms with Crippen molar-refractivity contribution in [1.29, 1.82) is 0 Å². The molecule has 1 unspecified atom stereocenters. The summed E-state index contributed by atoms with van der Waals surface area (Å²) in [5, 5.41) is 3.41. The van der Waals surface area contributed by atoms with Crippen molar-refractivity contribution >= 4 is 11.8 Å². The van der Waals surface area contributed by atoms with E-state index in [4.69, 9.17) is 6.42 Å². The third kappa shape index (κ3) is 5.76. The van der Waals surface area contributed by atoms with Crippen molar-refractivity contribution in [2.75, 3.05) is 12.3 Å². The Kier molecular flexibility index (Phi) is 6.76. The van der Waals surface area contributed by atoms with Crippen molar-refractivity contribution in [1.82, 2.24) is 5.32 Å². The molecule has 3 heteroatoms. The fourth-order valence-corrected chi connectivity index (χ4v) is 2.37. The molecule has 1 N–H and O–H groups in total. The van der Waals surface area contributed by atoms with E-state index in [0.29, 0.717) is 6.04 Å². The van der Waals surface area contributed by atoms with Gasteiger partial charge < -0.3 is 5.32 Å². The number of nitrogens with one attached hydrogen (secondary N) is 1. The lowest BCUT2D eigenvalue weighted by Gasteiger charge is -2.15. The SMILES string of the molecule is C#CCC(CSc1ccc(F)cc1)NCCC. The fraction of sp³-hybridized carbons (Fsp3) is 0.429. The molecule has 92 valence electrons. The largest absolute Gasteiger partial charge is 0.312 e. The number of terminal acetylenes is 1. The molecule has 0 aromatic heterocycles. The summed E-state index contributed by atoms with van der Waals surface area (Å²) in [6.45, 7) is 3.11. The topological polar surface area (TPSA) is 12.0 Å². The van der Waals surface area contributed by atoms with Crippen LogP contribution in [0.5, 0.6) is 0 Å². The molecular weight excluding hydrogens is 233 g/mol. The monoisotopic (exact) mass is 251 g/mol. The van der Waals surface area contributed by atoms with E-state index >= 15 is 0 Å². The highest BCUT2D eigenvalue weighted by molar-refractivity contribution is 7.99. The van der Waals surface area contributed by atoms with E-state index in [1.807, 2.05) is 0 Å². The molecule has 0 heterocycles. The molecule has 0 saturated heterocycles. The number of hydrogen-bond donors (Lipinski definition) is 1. The zero-order valence-electron chi connectivity index (χ0n) is 10.1. The van der Waals surface area contributed by atoms with Gasteiger partial charge in [-0.3, -0.25) is 0 Å². The first-order valence-electron chi connectivity index (χ1n) is 5.81. The summed E-state index contributed by atoms with van der Waals surface area (Å²) in [5.74, 6) is 3.40. The first-order chi connectivity index (χ1) is 8.26. The van der Waals surface area contributed by atoms with Gasteiger partial charge >= 0.3 is 0 Å². The van der Waals surface area contributed by atoms with E-state index in [2.05, 4.69) is 18.2 Å². The Morgan fingerprint density at radius 2 is 2.12 bits per heavy atom. The lowest BCUT2D eigenvalue weighted by atomic mass is 10.2. The molecule has 1 nitrogen and oxygen atoms in total. The van der Waals surface area contributed by atoms with Crippen LogP contribution in [0.4, 0.5) is 4.39 Å². The summed E-state index contributed by atoms with van der Waals surface area (Å²) in [7, 11) is 0. The highest BCUT2D eigenvalue weighted by Gasteiger charge is 2.06. The summed E-state index contributed by atoms with van der Waals surface area (Å²) in [4.78, 5) is 1.08. The minimum Gasteiger partial charge on any atom is -0.312 e. The van der Waals surface area contributed by atoms with E-state index in [1.165, 1.54) is 12.1 Å². The maximum Gasteiger partial charge on any atom is 0.123 e. The van der Waals surface area contributed by atoms with Crippen LogP contribution in [-0.2, 0) is 0 Å². The van der Waals surface area contributed by atoms with Gasteiger partial charge in [0.2, 0.25) is 0 Å². The first kappa shape index (κ1) is 14.1. The maximum atomic E-state index is 12.7. The molecule has 0 saturated carbocycles.